The second-order valence-corrected chi connectivity index (χ2v) is 6.43. The van der Waals surface area contributed by atoms with E-state index in [1.54, 1.807) is 0 Å². The molecule has 19 heavy (non-hydrogen) atoms. The van der Waals surface area contributed by atoms with Crippen molar-refractivity contribution in [1.29, 1.82) is 5.26 Å². The van der Waals surface area contributed by atoms with Gasteiger partial charge in [0.25, 0.3) is 0 Å². The van der Waals surface area contributed by atoms with E-state index >= 15 is 0 Å². The summed E-state index contributed by atoms with van der Waals surface area (Å²) >= 11 is 0. The predicted octanol–water partition coefficient (Wildman–Crippen LogP) is 3.68. The fourth-order valence-electron chi connectivity index (χ4n) is 2.03. The van der Waals surface area contributed by atoms with Gasteiger partial charge in [-0.3, -0.25) is 4.90 Å². The van der Waals surface area contributed by atoms with Gasteiger partial charge in [0, 0.05) is 6.54 Å². The van der Waals surface area contributed by atoms with Crippen LogP contribution < -0.4 is 0 Å². The van der Waals surface area contributed by atoms with Gasteiger partial charge in [-0.15, -0.1) is 0 Å². The molecule has 0 aliphatic carbocycles. The highest BCUT2D eigenvalue weighted by atomic mass is 15.1. The minimum atomic E-state index is -0.0193. The van der Waals surface area contributed by atoms with Crippen LogP contribution in [0.25, 0.3) is 0 Å². The predicted molar refractivity (Wildman–Crippen MR) is 81.3 cm³/mol. The molecule has 1 aromatic rings. The van der Waals surface area contributed by atoms with Crippen molar-refractivity contribution in [2.75, 3.05) is 13.6 Å². The lowest BCUT2D eigenvalue weighted by Gasteiger charge is -2.22. The minimum absolute atomic E-state index is 0.0193. The number of nitrogens with zero attached hydrogens (tertiary/aromatic N) is 2. The molecule has 0 spiro atoms. The smallest absolute Gasteiger partial charge is 0.0946 e. The SMILES string of the molecule is Cc1cc(C(C)(C)C)ccc1CCN(C)C(C)C#N. The van der Waals surface area contributed by atoms with Crippen LogP contribution in [0.4, 0.5) is 0 Å². The summed E-state index contributed by atoms with van der Waals surface area (Å²) in [6.45, 7) is 11.8. The van der Waals surface area contributed by atoms with Crippen molar-refractivity contribution in [3.63, 3.8) is 0 Å². The molecule has 0 aromatic heterocycles. The van der Waals surface area contributed by atoms with Gasteiger partial charge in [-0.25, -0.2) is 0 Å². The lowest BCUT2D eigenvalue weighted by Crippen LogP contribution is -2.29. The average molecular weight is 258 g/mol. The summed E-state index contributed by atoms with van der Waals surface area (Å²) < 4.78 is 0. The number of nitriles is 1. The molecule has 1 aromatic carbocycles. The van der Waals surface area contributed by atoms with Gasteiger partial charge in [0.1, 0.15) is 0 Å². The normalized spacial score (nSPS) is 13.4. The maximum Gasteiger partial charge on any atom is 0.0946 e. The Balaban J connectivity index is 2.74. The molecule has 0 bridgehead atoms. The highest BCUT2D eigenvalue weighted by Crippen LogP contribution is 2.24. The highest BCUT2D eigenvalue weighted by Gasteiger charge is 2.14. The fourth-order valence-corrected chi connectivity index (χ4v) is 2.03. The van der Waals surface area contributed by atoms with E-state index in [1.165, 1.54) is 16.7 Å². The third-order valence-electron chi connectivity index (χ3n) is 3.79. The molecule has 0 amide bonds. The molecule has 1 atom stereocenters. The first kappa shape index (κ1) is 15.7. The maximum atomic E-state index is 8.89. The topological polar surface area (TPSA) is 27.0 Å². The number of hydrogen-bond acceptors (Lipinski definition) is 2. The Bertz CT molecular complexity index is 463. The Morgan fingerprint density at radius 3 is 2.42 bits per heavy atom. The molecule has 0 radical (unpaired) electrons. The van der Waals surface area contributed by atoms with Crippen molar-refractivity contribution < 1.29 is 0 Å². The first-order valence-electron chi connectivity index (χ1n) is 6.95. The zero-order valence-electron chi connectivity index (χ0n) is 13.1. The van der Waals surface area contributed by atoms with Gasteiger partial charge in [0.2, 0.25) is 0 Å². The van der Waals surface area contributed by atoms with Crippen LogP contribution in [0.1, 0.15) is 44.4 Å². The van der Waals surface area contributed by atoms with E-state index in [1.807, 2.05) is 14.0 Å². The van der Waals surface area contributed by atoms with Gasteiger partial charge in [-0.05, 0) is 49.4 Å². The monoisotopic (exact) mass is 258 g/mol. The average Bonchev–Trinajstić information content (AvgIpc) is 2.34. The summed E-state index contributed by atoms with van der Waals surface area (Å²) in [7, 11) is 2.01. The summed E-state index contributed by atoms with van der Waals surface area (Å²) in [6.07, 6.45) is 0.999. The van der Waals surface area contributed by atoms with Crippen LogP contribution >= 0.6 is 0 Å². The quantitative estimate of drug-likeness (QED) is 0.823. The van der Waals surface area contributed by atoms with Gasteiger partial charge >= 0.3 is 0 Å². The molecule has 0 heterocycles. The fraction of sp³-hybridized carbons (Fsp3) is 0.588. The number of rotatable bonds is 4. The first-order valence-corrected chi connectivity index (χ1v) is 6.95. The number of aryl methyl sites for hydroxylation is 1. The van der Waals surface area contributed by atoms with Crippen molar-refractivity contribution in [3.05, 3.63) is 34.9 Å². The van der Waals surface area contributed by atoms with Crippen molar-refractivity contribution in [3.8, 4) is 6.07 Å². The Hall–Kier alpha value is -1.33. The van der Waals surface area contributed by atoms with Crippen LogP contribution in [0.5, 0.6) is 0 Å². The zero-order chi connectivity index (χ0) is 14.6. The molecule has 0 aliphatic rings. The summed E-state index contributed by atoms with van der Waals surface area (Å²) in [5.74, 6) is 0. The van der Waals surface area contributed by atoms with E-state index in [0.29, 0.717) is 0 Å². The van der Waals surface area contributed by atoms with Gasteiger partial charge in [-0.2, -0.15) is 5.26 Å². The number of benzene rings is 1. The minimum Gasteiger partial charge on any atom is -0.291 e. The third-order valence-corrected chi connectivity index (χ3v) is 3.79. The van der Waals surface area contributed by atoms with Crippen LogP contribution in [-0.4, -0.2) is 24.5 Å². The lowest BCUT2D eigenvalue weighted by molar-refractivity contribution is 0.306. The Morgan fingerprint density at radius 2 is 1.95 bits per heavy atom. The molecule has 0 aliphatic heterocycles. The van der Waals surface area contributed by atoms with E-state index in [4.69, 9.17) is 5.26 Å². The number of likely N-dealkylation sites (N-methyl/N-ethyl adjacent to an activating group) is 1. The Kier molecular flexibility index (Phi) is 5.14. The van der Waals surface area contributed by atoms with Gasteiger partial charge < -0.3 is 0 Å². The Labute approximate surface area is 118 Å². The van der Waals surface area contributed by atoms with E-state index < -0.39 is 0 Å². The van der Waals surface area contributed by atoms with E-state index in [2.05, 4.69) is 56.9 Å². The maximum absolute atomic E-state index is 8.89. The van der Waals surface area contributed by atoms with Crippen LogP contribution in [0, 0.1) is 18.3 Å². The van der Waals surface area contributed by atoms with E-state index in [-0.39, 0.29) is 11.5 Å². The first-order chi connectivity index (χ1) is 8.75. The molecule has 2 heteroatoms. The molecule has 0 N–H and O–H groups in total. The third kappa shape index (κ3) is 4.36. The summed E-state index contributed by atoms with van der Waals surface area (Å²) in [5.41, 5.74) is 4.32. The van der Waals surface area contributed by atoms with E-state index in [9.17, 15) is 0 Å². The number of hydrogen-bond donors (Lipinski definition) is 0. The summed E-state index contributed by atoms with van der Waals surface area (Å²) in [6, 6.07) is 9.02. The molecule has 0 saturated heterocycles. The van der Waals surface area contributed by atoms with Gasteiger partial charge in [0.05, 0.1) is 12.1 Å². The van der Waals surface area contributed by atoms with Gasteiger partial charge in [-0.1, -0.05) is 39.0 Å². The molecular formula is C17H26N2. The molecule has 1 unspecified atom stereocenters. The molecule has 2 nitrogen and oxygen atoms in total. The lowest BCUT2D eigenvalue weighted by atomic mass is 9.85. The van der Waals surface area contributed by atoms with Crippen LogP contribution in [0.3, 0.4) is 0 Å². The molecule has 1 rings (SSSR count). The molecule has 0 fully saturated rings. The van der Waals surface area contributed by atoms with Gasteiger partial charge in [0.15, 0.2) is 0 Å². The molecular weight excluding hydrogens is 232 g/mol. The van der Waals surface area contributed by atoms with Crippen LogP contribution in [0.2, 0.25) is 0 Å². The summed E-state index contributed by atoms with van der Waals surface area (Å²) in [5, 5.41) is 8.89. The Morgan fingerprint density at radius 1 is 1.32 bits per heavy atom. The standard InChI is InChI=1S/C17H26N2/c1-13-11-16(17(3,4)5)8-7-15(13)9-10-19(6)14(2)12-18/h7-8,11,14H,9-10H2,1-6H3. The second kappa shape index (κ2) is 6.21. The van der Waals surface area contributed by atoms with Crippen LogP contribution in [0.15, 0.2) is 18.2 Å². The molecule has 0 saturated carbocycles. The van der Waals surface area contributed by atoms with Crippen molar-refractivity contribution in [2.24, 2.45) is 0 Å². The molecule has 104 valence electrons. The van der Waals surface area contributed by atoms with Crippen molar-refractivity contribution in [2.45, 2.75) is 52.5 Å². The summed E-state index contributed by atoms with van der Waals surface area (Å²) in [4.78, 5) is 2.09. The highest BCUT2D eigenvalue weighted by molar-refractivity contribution is 5.34. The van der Waals surface area contributed by atoms with Crippen molar-refractivity contribution >= 4 is 0 Å². The van der Waals surface area contributed by atoms with Crippen molar-refractivity contribution in [1.82, 2.24) is 4.90 Å². The largest absolute Gasteiger partial charge is 0.291 e. The van der Waals surface area contributed by atoms with E-state index in [0.717, 1.165) is 13.0 Å². The van der Waals surface area contributed by atoms with Crippen LogP contribution in [-0.2, 0) is 11.8 Å². The zero-order valence-corrected chi connectivity index (χ0v) is 13.1. The second-order valence-electron chi connectivity index (χ2n) is 6.43.